The van der Waals surface area contributed by atoms with Gasteiger partial charge in [-0.1, -0.05) is 12.1 Å². The predicted octanol–water partition coefficient (Wildman–Crippen LogP) is 1.93. The van der Waals surface area contributed by atoms with E-state index in [1.54, 1.807) is 7.11 Å². The Balaban J connectivity index is 1.97. The maximum atomic E-state index is 5.91. The lowest BCUT2D eigenvalue weighted by Gasteiger charge is -2.30. The Kier molecular flexibility index (Phi) is 4.02. The van der Waals surface area contributed by atoms with Crippen LogP contribution in [0.25, 0.3) is 0 Å². The Morgan fingerprint density at radius 3 is 2.65 bits per heavy atom. The fourth-order valence-electron chi connectivity index (χ4n) is 2.41. The molecular weight excluding hydrogens is 212 g/mol. The molecule has 0 aliphatic carbocycles. The first-order valence-electron chi connectivity index (χ1n) is 6.30. The number of nitrogens with two attached hydrogens (primary N) is 1. The number of piperidine rings is 1. The second kappa shape index (κ2) is 5.52. The third-order valence-electron chi connectivity index (χ3n) is 3.50. The van der Waals surface area contributed by atoms with Crippen LogP contribution in [0.3, 0.4) is 0 Å². The van der Waals surface area contributed by atoms with E-state index in [0.717, 1.165) is 38.2 Å². The average molecular weight is 234 g/mol. The lowest BCUT2D eigenvalue weighted by atomic mass is 10.0. The predicted molar refractivity (Wildman–Crippen MR) is 70.2 cm³/mol. The van der Waals surface area contributed by atoms with Gasteiger partial charge in [0.15, 0.2) is 0 Å². The summed E-state index contributed by atoms with van der Waals surface area (Å²) in [6, 6.07) is 6.83. The van der Waals surface area contributed by atoms with Gasteiger partial charge in [-0.15, -0.1) is 0 Å². The van der Waals surface area contributed by atoms with Crippen LogP contribution in [0.5, 0.6) is 5.75 Å². The zero-order chi connectivity index (χ0) is 12.3. The average Bonchev–Trinajstić information content (AvgIpc) is 2.32. The van der Waals surface area contributed by atoms with Crippen LogP contribution in [0, 0.1) is 6.92 Å². The van der Waals surface area contributed by atoms with Crippen molar-refractivity contribution in [1.29, 1.82) is 0 Å². The fourth-order valence-corrected chi connectivity index (χ4v) is 2.41. The number of rotatable bonds is 3. The smallest absolute Gasteiger partial charge is 0.121 e. The van der Waals surface area contributed by atoms with E-state index >= 15 is 0 Å². The molecule has 1 heterocycles. The number of benzene rings is 1. The normalized spacial score (nSPS) is 18.3. The largest absolute Gasteiger partial charge is 0.496 e. The minimum absolute atomic E-state index is 0.406. The summed E-state index contributed by atoms with van der Waals surface area (Å²) < 4.78 is 5.27. The van der Waals surface area contributed by atoms with Crippen molar-refractivity contribution < 1.29 is 4.74 Å². The van der Waals surface area contributed by atoms with Crippen molar-refractivity contribution in [2.75, 3.05) is 20.2 Å². The Hall–Kier alpha value is -1.06. The van der Waals surface area contributed by atoms with Gasteiger partial charge in [-0.25, -0.2) is 0 Å². The van der Waals surface area contributed by atoms with Crippen molar-refractivity contribution in [2.24, 2.45) is 5.73 Å². The highest BCUT2D eigenvalue weighted by Gasteiger charge is 2.16. The number of aryl methyl sites for hydroxylation is 1. The highest BCUT2D eigenvalue weighted by atomic mass is 16.5. The van der Waals surface area contributed by atoms with Gasteiger partial charge in [0.05, 0.1) is 7.11 Å². The topological polar surface area (TPSA) is 38.5 Å². The second-order valence-corrected chi connectivity index (χ2v) is 4.92. The minimum Gasteiger partial charge on any atom is -0.496 e. The molecule has 1 aliphatic rings. The lowest BCUT2D eigenvalue weighted by molar-refractivity contribution is 0.205. The molecule has 0 radical (unpaired) electrons. The van der Waals surface area contributed by atoms with E-state index in [1.807, 2.05) is 0 Å². The third kappa shape index (κ3) is 3.20. The molecule has 0 atom stereocenters. The van der Waals surface area contributed by atoms with E-state index in [4.69, 9.17) is 10.5 Å². The molecule has 0 aromatic heterocycles. The van der Waals surface area contributed by atoms with Gasteiger partial charge < -0.3 is 10.5 Å². The van der Waals surface area contributed by atoms with E-state index in [9.17, 15) is 0 Å². The Morgan fingerprint density at radius 2 is 2.06 bits per heavy atom. The van der Waals surface area contributed by atoms with E-state index in [-0.39, 0.29) is 0 Å². The van der Waals surface area contributed by atoms with Gasteiger partial charge in [0.1, 0.15) is 5.75 Å². The van der Waals surface area contributed by atoms with Crippen LogP contribution in [0.1, 0.15) is 24.0 Å². The van der Waals surface area contributed by atoms with Crippen molar-refractivity contribution in [2.45, 2.75) is 32.4 Å². The molecule has 0 amide bonds. The molecule has 3 nitrogen and oxygen atoms in total. The van der Waals surface area contributed by atoms with Crippen molar-refractivity contribution in [3.63, 3.8) is 0 Å². The zero-order valence-electron chi connectivity index (χ0n) is 10.8. The standard InChI is InChI=1S/C14H22N2O/c1-11-9-12(3-4-14(11)17-2)10-16-7-5-13(15)6-8-16/h3-4,9,13H,5-8,10,15H2,1-2H3. The maximum absolute atomic E-state index is 5.91. The molecule has 2 N–H and O–H groups in total. The quantitative estimate of drug-likeness (QED) is 0.868. The van der Waals surface area contributed by atoms with Crippen LogP contribution in [-0.2, 0) is 6.54 Å². The minimum atomic E-state index is 0.406. The summed E-state index contributed by atoms with van der Waals surface area (Å²) in [5, 5.41) is 0. The summed E-state index contributed by atoms with van der Waals surface area (Å²) in [5.41, 5.74) is 8.48. The Morgan fingerprint density at radius 1 is 1.35 bits per heavy atom. The molecule has 2 rings (SSSR count). The second-order valence-electron chi connectivity index (χ2n) is 4.92. The number of hydrogen-bond acceptors (Lipinski definition) is 3. The highest BCUT2D eigenvalue weighted by Crippen LogP contribution is 2.20. The van der Waals surface area contributed by atoms with Crippen molar-refractivity contribution in [1.82, 2.24) is 4.90 Å². The van der Waals surface area contributed by atoms with Crippen LogP contribution in [0.15, 0.2) is 18.2 Å². The van der Waals surface area contributed by atoms with E-state index in [0.29, 0.717) is 6.04 Å². The molecule has 1 aromatic carbocycles. The molecule has 94 valence electrons. The molecule has 3 heteroatoms. The Bertz CT molecular complexity index is 370. The van der Waals surface area contributed by atoms with Gasteiger partial charge in [-0.05, 0) is 50.0 Å². The molecule has 17 heavy (non-hydrogen) atoms. The number of methoxy groups -OCH3 is 1. The van der Waals surface area contributed by atoms with Crippen molar-refractivity contribution >= 4 is 0 Å². The van der Waals surface area contributed by atoms with Crippen LogP contribution >= 0.6 is 0 Å². The van der Waals surface area contributed by atoms with Crippen LogP contribution < -0.4 is 10.5 Å². The number of likely N-dealkylation sites (tertiary alicyclic amines) is 1. The van der Waals surface area contributed by atoms with Gasteiger partial charge in [-0.2, -0.15) is 0 Å². The van der Waals surface area contributed by atoms with Gasteiger partial charge in [0, 0.05) is 12.6 Å². The molecule has 1 saturated heterocycles. The maximum Gasteiger partial charge on any atom is 0.121 e. The van der Waals surface area contributed by atoms with E-state index < -0.39 is 0 Å². The monoisotopic (exact) mass is 234 g/mol. The van der Waals surface area contributed by atoms with Gasteiger partial charge in [-0.3, -0.25) is 4.90 Å². The molecule has 0 spiro atoms. The molecular formula is C14H22N2O. The van der Waals surface area contributed by atoms with Gasteiger partial charge in [0.25, 0.3) is 0 Å². The first-order valence-corrected chi connectivity index (χ1v) is 6.30. The zero-order valence-corrected chi connectivity index (χ0v) is 10.8. The summed E-state index contributed by atoms with van der Waals surface area (Å²) in [4.78, 5) is 2.48. The van der Waals surface area contributed by atoms with Gasteiger partial charge >= 0.3 is 0 Å². The fraction of sp³-hybridized carbons (Fsp3) is 0.571. The van der Waals surface area contributed by atoms with Crippen LogP contribution in [0.4, 0.5) is 0 Å². The lowest BCUT2D eigenvalue weighted by Crippen LogP contribution is -2.39. The SMILES string of the molecule is COc1ccc(CN2CCC(N)CC2)cc1C. The molecule has 0 saturated carbocycles. The van der Waals surface area contributed by atoms with Crippen molar-refractivity contribution in [3.8, 4) is 5.75 Å². The summed E-state index contributed by atoms with van der Waals surface area (Å²) in [7, 11) is 1.72. The summed E-state index contributed by atoms with van der Waals surface area (Å²) in [6.07, 6.45) is 2.24. The van der Waals surface area contributed by atoms with Crippen LogP contribution in [-0.4, -0.2) is 31.1 Å². The highest BCUT2D eigenvalue weighted by molar-refractivity contribution is 5.36. The van der Waals surface area contributed by atoms with Crippen LogP contribution in [0.2, 0.25) is 0 Å². The molecule has 1 aromatic rings. The molecule has 1 aliphatic heterocycles. The van der Waals surface area contributed by atoms with Crippen molar-refractivity contribution in [3.05, 3.63) is 29.3 Å². The van der Waals surface area contributed by atoms with E-state index in [1.165, 1.54) is 11.1 Å². The summed E-state index contributed by atoms with van der Waals surface area (Å²) in [5.74, 6) is 0.967. The summed E-state index contributed by atoms with van der Waals surface area (Å²) >= 11 is 0. The summed E-state index contributed by atoms with van der Waals surface area (Å²) in [6.45, 7) is 5.35. The number of nitrogens with zero attached hydrogens (tertiary/aromatic N) is 1. The molecule has 0 unspecified atom stereocenters. The first-order chi connectivity index (χ1) is 8.19. The third-order valence-corrected chi connectivity index (χ3v) is 3.50. The number of ether oxygens (including phenoxy) is 1. The number of hydrogen-bond donors (Lipinski definition) is 1. The van der Waals surface area contributed by atoms with Gasteiger partial charge in [0.2, 0.25) is 0 Å². The molecule has 0 bridgehead atoms. The Labute approximate surface area is 104 Å². The molecule has 1 fully saturated rings. The first kappa shape index (κ1) is 12.4. The van der Waals surface area contributed by atoms with E-state index in [2.05, 4.69) is 30.0 Å².